The summed E-state index contributed by atoms with van der Waals surface area (Å²) in [7, 11) is 0. The summed E-state index contributed by atoms with van der Waals surface area (Å²) in [5.74, 6) is 0.623. The molecule has 1 heterocycles. The van der Waals surface area contributed by atoms with Crippen LogP contribution in [-0.2, 0) is 14.3 Å². The molecular weight excluding hydrogens is 292 g/mol. The summed E-state index contributed by atoms with van der Waals surface area (Å²) in [6.07, 6.45) is 13.2. The molecule has 0 aromatic rings. The van der Waals surface area contributed by atoms with Crippen molar-refractivity contribution in [3.05, 3.63) is 12.2 Å². The summed E-state index contributed by atoms with van der Waals surface area (Å²) in [6.45, 7) is 5.56. The summed E-state index contributed by atoms with van der Waals surface area (Å²) >= 11 is 0. The Balaban J connectivity index is 2.00. The Bertz CT molecular complexity index is 327. The lowest BCUT2D eigenvalue weighted by atomic mass is 9.88. The fraction of sp³-hybridized carbons (Fsp3) is 0.842. The van der Waals surface area contributed by atoms with E-state index in [1.54, 1.807) is 0 Å². The standard InChI is InChI=1S/C19H34O4/c1-2-3-4-9-13-22-14-12-18-16-23-15-17(18)10-7-5-6-8-11-19(20)21/h3-4,17-18H,2,5-16H2,1H3,(H,20,21)/t17-,18+/m0/s1. The van der Waals surface area contributed by atoms with E-state index in [0.717, 1.165) is 65.0 Å². The Morgan fingerprint density at radius 2 is 1.83 bits per heavy atom. The number of allylic oxidation sites excluding steroid dienone is 1. The number of hydrogen-bond donors (Lipinski definition) is 1. The number of carboxylic acid groups (broad SMARTS) is 1. The highest BCUT2D eigenvalue weighted by Gasteiger charge is 2.27. The van der Waals surface area contributed by atoms with Gasteiger partial charge in [0.2, 0.25) is 0 Å². The van der Waals surface area contributed by atoms with E-state index in [4.69, 9.17) is 14.6 Å². The number of ether oxygens (including phenoxy) is 2. The average Bonchev–Trinajstić information content (AvgIpc) is 2.97. The van der Waals surface area contributed by atoms with Gasteiger partial charge in [0.25, 0.3) is 0 Å². The Morgan fingerprint density at radius 3 is 2.57 bits per heavy atom. The van der Waals surface area contributed by atoms with Crippen LogP contribution in [0.4, 0.5) is 0 Å². The predicted molar refractivity (Wildman–Crippen MR) is 92.6 cm³/mol. The molecule has 1 aliphatic rings. The van der Waals surface area contributed by atoms with Crippen LogP contribution in [-0.4, -0.2) is 37.5 Å². The molecule has 1 saturated heterocycles. The molecule has 0 radical (unpaired) electrons. The smallest absolute Gasteiger partial charge is 0.303 e. The van der Waals surface area contributed by atoms with Crippen molar-refractivity contribution in [2.75, 3.05) is 26.4 Å². The molecule has 4 nitrogen and oxygen atoms in total. The lowest BCUT2D eigenvalue weighted by Gasteiger charge is -2.17. The Hall–Kier alpha value is -0.870. The molecule has 23 heavy (non-hydrogen) atoms. The molecule has 1 N–H and O–H groups in total. The molecule has 0 bridgehead atoms. The lowest BCUT2D eigenvalue weighted by molar-refractivity contribution is -0.137. The summed E-state index contributed by atoms with van der Waals surface area (Å²) in [5, 5.41) is 8.61. The van der Waals surface area contributed by atoms with Crippen LogP contribution in [0.2, 0.25) is 0 Å². The molecule has 0 spiro atoms. The first-order valence-corrected chi connectivity index (χ1v) is 9.26. The van der Waals surface area contributed by atoms with Gasteiger partial charge in [-0.15, -0.1) is 0 Å². The zero-order chi connectivity index (χ0) is 16.8. The van der Waals surface area contributed by atoms with Crippen molar-refractivity contribution in [1.29, 1.82) is 0 Å². The van der Waals surface area contributed by atoms with Crippen molar-refractivity contribution < 1.29 is 19.4 Å². The van der Waals surface area contributed by atoms with Crippen LogP contribution in [0.3, 0.4) is 0 Å². The van der Waals surface area contributed by atoms with E-state index in [1.165, 1.54) is 12.8 Å². The maximum absolute atomic E-state index is 10.5. The van der Waals surface area contributed by atoms with Crippen LogP contribution >= 0.6 is 0 Å². The summed E-state index contributed by atoms with van der Waals surface area (Å²) in [6, 6.07) is 0. The summed E-state index contributed by atoms with van der Waals surface area (Å²) < 4.78 is 11.4. The van der Waals surface area contributed by atoms with E-state index >= 15 is 0 Å². The number of rotatable bonds is 14. The fourth-order valence-electron chi connectivity index (χ4n) is 3.09. The van der Waals surface area contributed by atoms with Crippen LogP contribution in [0.25, 0.3) is 0 Å². The van der Waals surface area contributed by atoms with Crippen molar-refractivity contribution >= 4 is 5.97 Å². The maximum atomic E-state index is 10.5. The second kappa shape index (κ2) is 13.6. The van der Waals surface area contributed by atoms with E-state index < -0.39 is 5.97 Å². The molecule has 0 saturated carbocycles. The minimum Gasteiger partial charge on any atom is -0.481 e. The quantitative estimate of drug-likeness (QED) is 0.379. The van der Waals surface area contributed by atoms with Gasteiger partial charge in [-0.2, -0.15) is 0 Å². The first-order chi connectivity index (χ1) is 11.2. The second-order valence-electron chi connectivity index (χ2n) is 6.47. The van der Waals surface area contributed by atoms with Gasteiger partial charge in [0.1, 0.15) is 0 Å². The molecule has 1 fully saturated rings. The van der Waals surface area contributed by atoms with Crippen molar-refractivity contribution in [2.45, 2.75) is 64.7 Å². The van der Waals surface area contributed by atoms with E-state index in [9.17, 15) is 4.79 Å². The van der Waals surface area contributed by atoms with Crippen molar-refractivity contribution in [3.8, 4) is 0 Å². The van der Waals surface area contributed by atoms with Gasteiger partial charge < -0.3 is 14.6 Å². The molecule has 2 atom stereocenters. The zero-order valence-corrected chi connectivity index (χ0v) is 14.7. The zero-order valence-electron chi connectivity index (χ0n) is 14.7. The van der Waals surface area contributed by atoms with Crippen LogP contribution in [0.5, 0.6) is 0 Å². The van der Waals surface area contributed by atoms with E-state index in [0.29, 0.717) is 18.3 Å². The van der Waals surface area contributed by atoms with Gasteiger partial charge in [-0.1, -0.05) is 38.3 Å². The van der Waals surface area contributed by atoms with Gasteiger partial charge in [-0.3, -0.25) is 4.79 Å². The van der Waals surface area contributed by atoms with Gasteiger partial charge in [-0.05, 0) is 43.9 Å². The third-order valence-electron chi connectivity index (χ3n) is 4.51. The average molecular weight is 326 g/mol. The molecule has 1 aliphatic heterocycles. The molecule has 0 aliphatic carbocycles. The largest absolute Gasteiger partial charge is 0.481 e. The lowest BCUT2D eigenvalue weighted by Crippen LogP contribution is -2.15. The molecule has 0 amide bonds. The topological polar surface area (TPSA) is 55.8 Å². The van der Waals surface area contributed by atoms with Crippen LogP contribution in [0.15, 0.2) is 12.2 Å². The summed E-state index contributed by atoms with van der Waals surface area (Å²) in [5.41, 5.74) is 0. The Labute approximate surface area is 141 Å². The first-order valence-electron chi connectivity index (χ1n) is 9.26. The predicted octanol–water partition coefficient (Wildman–Crippen LogP) is 4.44. The SMILES string of the molecule is CCC=CCCOCC[C@@H]1COC[C@@H]1CCCCCCC(=O)O. The molecule has 1 rings (SSSR count). The fourth-order valence-corrected chi connectivity index (χ4v) is 3.09. The van der Waals surface area contributed by atoms with Crippen LogP contribution in [0, 0.1) is 11.8 Å². The monoisotopic (exact) mass is 326 g/mol. The van der Waals surface area contributed by atoms with Crippen molar-refractivity contribution in [3.63, 3.8) is 0 Å². The number of hydrogen-bond acceptors (Lipinski definition) is 3. The number of carbonyl (C=O) groups is 1. The highest BCUT2D eigenvalue weighted by molar-refractivity contribution is 5.66. The van der Waals surface area contributed by atoms with E-state index in [2.05, 4.69) is 19.1 Å². The third-order valence-corrected chi connectivity index (χ3v) is 4.51. The number of carboxylic acids is 1. The molecule has 0 aromatic heterocycles. The minimum absolute atomic E-state index is 0.306. The highest BCUT2D eigenvalue weighted by Crippen LogP contribution is 2.28. The molecule has 0 aromatic carbocycles. The molecule has 134 valence electrons. The molecular formula is C19H34O4. The van der Waals surface area contributed by atoms with Gasteiger partial charge in [-0.25, -0.2) is 0 Å². The number of unbranched alkanes of at least 4 members (excludes halogenated alkanes) is 3. The van der Waals surface area contributed by atoms with Crippen molar-refractivity contribution in [1.82, 2.24) is 0 Å². The van der Waals surface area contributed by atoms with E-state index in [-0.39, 0.29) is 0 Å². The van der Waals surface area contributed by atoms with Crippen molar-refractivity contribution in [2.24, 2.45) is 11.8 Å². The van der Waals surface area contributed by atoms with Gasteiger partial charge in [0.05, 0.1) is 6.61 Å². The minimum atomic E-state index is -0.681. The maximum Gasteiger partial charge on any atom is 0.303 e. The summed E-state index contributed by atoms with van der Waals surface area (Å²) in [4.78, 5) is 10.5. The Kier molecular flexibility index (Phi) is 11.9. The molecule has 4 heteroatoms. The van der Waals surface area contributed by atoms with E-state index in [1.807, 2.05) is 0 Å². The first kappa shape index (κ1) is 20.2. The van der Waals surface area contributed by atoms with Gasteiger partial charge in [0, 0.05) is 26.2 Å². The third kappa shape index (κ3) is 10.5. The van der Waals surface area contributed by atoms with Crippen LogP contribution in [0.1, 0.15) is 64.7 Å². The normalized spacial score (nSPS) is 21.3. The van der Waals surface area contributed by atoms with Crippen LogP contribution < -0.4 is 0 Å². The van der Waals surface area contributed by atoms with Gasteiger partial charge >= 0.3 is 5.97 Å². The number of aliphatic carboxylic acids is 1. The Morgan fingerprint density at radius 1 is 1.09 bits per heavy atom. The van der Waals surface area contributed by atoms with Gasteiger partial charge in [0.15, 0.2) is 0 Å². The highest BCUT2D eigenvalue weighted by atomic mass is 16.5. The second-order valence-corrected chi connectivity index (χ2v) is 6.47. The molecule has 0 unspecified atom stereocenters.